The summed E-state index contributed by atoms with van der Waals surface area (Å²) in [6.45, 7) is 1.65. The molecule has 0 radical (unpaired) electrons. The van der Waals surface area contributed by atoms with E-state index in [1.54, 1.807) is 37.3 Å². The summed E-state index contributed by atoms with van der Waals surface area (Å²) in [4.78, 5) is 64.6. The number of carbonyl (C=O) groups excluding carboxylic acids is 5. The average Bonchev–Trinajstić information content (AvgIpc) is 3.21. The third kappa shape index (κ3) is 6.79. The van der Waals surface area contributed by atoms with Crippen molar-refractivity contribution in [2.75, 3.05) is 7.11 Å². The Morgan fingerprint density at radius 1 is 1.02 bits per heavy atom. The van der Waals surface area contributed by atoms with Gasteiger partial charge in [0.05, 0.1) is 25.2 Å². The lowest BCUT2D eigenvalue weighted by Crippen LogP contribution is -2.44. The lowest BCUT2D eigenvalue weighted by atomic mass is 9.84. The maximum Gasteiger partial charge on any atom is 0.375 e. The first-order chi connectivity index (χ1) is 20.4. The summed E-state index contributed by atoms with van der Waals surface area (Å²) in [6.07, 6.45) is -2.28. The highest BCUT2D eigenvalue weighted by atomic mass is 16.6. The van der Waals surface area contributed by atoms with Crippen molar-refractivity contribution in [1.29, 1.82) is 0 Å². The first-order valence-electron chi connectivity index (χ1n) is 13.7. The quantitative estimate of drug-likeness (QED) is 0.327. The molecule has 3 N–H and O–H groups in total. The summed E-state index contributed by atoms with van der Waals surface area (Å²) in [6, 6.07) is 10.2. The summed E-state index contributed by atoms with van der Waals surface area (Å²) in [5.74, 6) is -6.01. The number of hydrogen-bond acceptors (Lipinski definition) is 12. The molecule has 0 fully saturated rings. The van der Waals surface area contributed by atoms with Gasteiger partial charge < -0.3 is 34.3 Å². The van der Waals surface area contributed by atoms with Gasteiger partial charge in [0.15, 0.2) is 0 Å². The van der Waals surface area contributed by atoms with Crippen LogP contribution in [0.4, 0.5) is 0 Å². The molecule has 4 rings (SSSR count). The smallest absolute Gasteiger partial charge is 0.375 e. The highest BCUT2D eigenvalue weighted by Crippen LogP contribution is 2.44. The van der Waals surface area contributed by atoms with Crippen LogP contribution < -0.4 is 0 Å². The molecular formula is C31H32O12. The maximum absolute atomic E-state index is 13.9. The Bertz CT molecular complexity index is 1460. The van der Waals surface area contributed by atoms with Gasteiger partial charge in [-0.15, -0.1) is 0 Å². The summed E-state index contributed by atoms with van der Waals surface area (Å²) in [5.41, 5.74) is -2.32. The zero-order valence-electron chi connectivity index (χ0n) is 23.7. The molecule has 0 bridgehead atoms. The van der Waals surface area contributed by atoms with Crippen LogP contribution >= 0.6 is 0 Å². The SMILES string of the molecule is COC(=O)CCC1(C(=O)OC2CCCC(C)OC(=O)c3c(O)cc(O)cc3CC(=O)C2)OC(=O)C(O)=C1c1ccccc1. The molecule has 2 aliphatic rings. The summed E-state index contributed by atoms with van der Waals surface area (Å²) in [5, 5.41) is 31.0. The zero-order valence-corrected chi connectivity index (χ0v) is 23.7. The molecular weight excluding hydrogens is 564 g/mol. The number of Topliss-reactive ketones (excluding diaryl/α,β-unsaturated/α-hetero) is 1. The zero-order chi connectivity index (χ0) is 31.3. The number of aliphatic hydroxyl groups is 1. The van der Waals surface area contributed by atoms with Crippen LogP contribution in [0.1, 0.15) is 66.9 Å². The van der Waals surface area contributed by atoms with Crippen LogP contribution in [0.15, 0.2) is 48.2 Å². The van der Waals surface area contributed by atoms with Crippen molar-refractivity contribution in [1.82, 2.24) is 0 Å². The predicted molar refractivity (Wildman–Crippen MR) is 148 cm³/mol. The van der Waals surface area contributed by atoms with Gasteiger partial charge in [0, 0.05) is 25.3 Å². The number of fused-ring (bicyclic) bond motifs is 1. The average molecular weight is 597 g/mol. The fourth-order valence-electron chi connectivity index (χ4n) is 5.29. The third-order valence-corrected chi connectivity index (χ3v) is 7.35. The van der Waals surface area contributed by atoms with E-state index in [0.29, 0.717) is 12.8 Å². The maximum atomic E-state index is 13.9. The number of esters is 4. The van der Waals surface area contributed by atoms with E-state index >= 15 is 0 Å². The molecule has 12 heteroatoms. The van der Waals surface area contributed by atoms with Crippen molar-refractivity contribution in [3.8, 4) is 11.5 Å². The molecule has 2 aromatic rings. The molecule has 0 aliphatic carbocycles. The Balaban J connectivity index is 1.67. The summed E-state index contributed by atoms with van der Waals surface area (Å²) >= 11 is 0. The summed E-state index contributed by atoms with van der Waals surface area (Å²) in [7, 11) is 1.16. The molecule has 0 saturated carbocycles. The lowest BCUT2D eigenvalue weighted by molar-refractivity contribution is -0.177. The molecule has 2 aliphatic heterocycles. The van der Waals surface area contributed by atoms with Crippen LogP contribution in [-0.2, 0) is 44.5 Å². The topological polar surface area (TPSA) is 183 Å². The molecule has 2 heterocycles. The van der Waals surface area contributed by atoms with E-state index in [0.717, 1.165) is 13.2 Å². The number of aliphatic hydroxyl groups excluding tert-OH is 1. The monoisotopic (exact) mass is 596 g/mol. The van der Waals surface area contributed by atoms with Crippen molar-refractivity contribution < 1.29 is 58.2 Å². The standard InChI is InChI=1S/C31H32O12/c1-17-7-6-10-22(15-20(32)13-19-14-21(33)16-23(34)25(19)28(37)41-17)42-30(39)31(12-11-24(35)40-2)26(27(36)29(38)43-31)18-8-4-3-5-9-18/h3-5,8-9,14,16-17,22,33-34,36H,6-7,10-13,15H2,1-2H3. The number of cyclic esters (lactones) is 2. The summed E-state index contributed by atoms with van der Waals surface area (Å²) < 4.78 is 21.4. The van der Waals surface area contributed by atoms with Gasteiger partial charge in [-0.3, -0.25) is 9.59 Å². The Labute approximate surface area is 246 Å². The number of phenols is 2. The van der Waals surface area contributed by atoms with Gasteiger partial charge in [-0.1, -0.05) is 30.3 Å². The minimum atomic E-state index is -2.21. The molecule has 228 valence electrons. The van der Waals surface area contributed by atoms with E-state index in [2.05, 4.69) is 0 Å². The van der Waals surface area contributed by atoms with Crippen molar-refractivity contribution in [2.45, 2.75) is 69.7 Å². The van der Waals surface area contributed by atoms with E-state index in [1.807, 2.05) is 0 Å². The van der Waals surface area contributed by atoms with E-state index in [1.165, 1.54) is 6.07 Å². The van der Waals surface area contributed by atoms with E-state index in [4.69, 9.17) is 18.9 Å². The molecule has 2 aromatic carbocycles. The number of rotatable bonds is 6. The molecule has 12 nitrogen and oxygen atoms in total. The minimum absolute atomic E-state index is 0.0313. The van der Waals surface area contributed by atoms with Crippen LogP contribution in [0.25, 0.3) is 5.57 Å². The normalized spacial score (nSPS) is 22.9. The number of aromatic hydroxyl groups is 2. The number of ether oxygens (including phenoxy) is 4. The van der Waals surface area contributed by atoms with Gasteiger partial charge in [0.25, 0.3) is 0 Å². The second kappa shape index (κ2) is 13.0. The third-order valence-electron chi connectivity index (χ3n) is 7.35. The number of ketones is 1. The highest BCUT2D eigenvalue weighted by Gasteiger charge is 2.56. The number of carbonyl (C=O) groups is 5. The van der Waals surface area contributed by atoms with Gasteiger partial charge in [0.2, 0.25) is 11.4 Å². The Morgan fingerprint density at radius 2 is 1.74 bits per heavy atom. The van der Waals surface area contributed by atoms with E-state index in [-0.39, 0.29) is 47.3 Å². The minimum Gasteiger partial charge on any atom is -0.508 e. The molecule has 0 saturated heterocycles. The molecule has 0 spiro atoms. The van der Waals surface area contributed by atoms with Gasteiger partial charge >= 0.3 is 23.9 Å². The van der Waals surface area contributed by atoms with Gasteiger partial charge in [0.1, 0.15) is 28.9 Å². The first kappa shape index (κ1) is 31.1. The fourth-order valence-corrected chi connectivity index (χ4v) is 5.29. The number of benzene rings is 2. The molecule has 0 aromatic heterocycles. The van der Waals surface area contributed by atoms with Crippen molar-refractivity contribution in [2.24, 2.45) is 0 Å². The largest absolute Gasteiger partial charge is 0.508 e. The van der Waals surface area contributed by atoms with Gasteiger partial charge in [-0.2, -0.15) is 0 Å². The first-order valence-corrected chi connectivity index (χ1v) is 13.7. The van der Waals surface area contributed by atoms with Crippen LogP contribution in [0, 0.1) is 0 Å². The number of methoxy groups -OCH3 is 1. The number of phenolic OH excluding ortho intramolecular Hbond substituents is 2. The van der Waals surface area contributed by atoms with Crippen LogP contribution in [0.2, 0.25) is 0 Å². The van der Waals surface area contributed by atoms with Gasteiger partial charge in [-0.25, -0.2) is 14.4 Å². The molecule has 3 unspecified atom stereocenters. The fraction of sp³-hybridized carbons (Fsp3) is 0.387. The van der Waals surface area contributed by atoms with Crippen LogP contribution in [0.5, 0.6) is 11.5 Å². The molecule has 43 heavy (non-hydrogen) atoms. The molecule has 3 atom stereocenters. The lowest BCUT2D eigenvalue weighted by Gasteiger charge is -2.30. The van der Waals surface area contributed by atoms with Crippen LogP contribution in [-0.4, -0.2) is 69.9 Å². The Morgan fingerprint density at radius 3 is 2.44 bits per heavy atom. The second-order valence-electron chi connectivity index (χ2n) is 10.5. The van der Waals surface area contributed by atoms with Crippen molar-refractivity contribution in [3.05, 3.63) is 64.9 Å². The Hall–Kier alpha value is -4.87. The Kier molecular flexibility index (Phi) is 9.37. The number of hydrogen-bond donors (Lipinski definition) is 3. The van der Waals surface area contributed by atoms with E-state index < -0.39 is 71.8 Å². The predicted octanol–water partition coefficient (Wildman–Crippen LogP) is 3.46. The van der Waals surface area contributed by atoms with Gasteiger partial charge in [-0.05, 0) is 43.4 Å². The van der Waals surface area contributed by atoms with Crippen molar-refractivity contribution in [3.63, 3.8) is 0 Å². The van der Waals surface area contributed by atoms with Crippen LogP contribution in [0.3, 0.4) is 0 Å². The molecule has 0 amide bonds. The second-order valence-corrected chi connectivity index (χ2v) is 10.5. The highest BCUT2D eigenvalue weighted by molar-refractivity contribution is 6.11. The van der Waals surface area contributed by atoms with E-state index in [9.17, 15) is 39.3 Å². The van der Waals surface area contributed by atoms with Crippen molar-refractivity contribution >= 4 is 35.2 Å².